The van der Waals surface area contributed by atoms with Crippen molar-refractivity contribution in [3.8, 4) is 11.5 Å². The first-order valence-corrected chi connectivity index (χ1v) is 6.67. The van der Waals surface area contributed by atoms with Crippen molar-refractivity contribution in [2.75, 3.05) is 0 Å². The molecule has 1 aromatic carbocycles. The van der Waals surface area contributed by atoms with Gasteiger partial charge in [0.15, 0.2) is 0 Å². The molecule has 0 saturated carbocycles. The fourth-order valence-corrected chi connectivity index (χ4v) is 1.79. The third-order valence-corrected chi connectivity index (χ3v) is 3.01. The van der Waals surface area contributed by atoms with Gasteiger partial charge < -0.3 is 9.73 Å². The normalized spacial score (nSPS) is 11.8. The lowest BCUT2D eigenvalue weighted by Crippen LogP contribution is -2.35. The molecule has 2 rings (SSSR count). The summed E-state index contributed by atoms with van der Waals surface area (Å²) in [5.41, 5.74) is 0.663. The number of hydrogen-bond donors (Lipinski definition) is 1. The average Bonchev–Trinajstić information content (AvgIpc) is 2.78. The van der Waals surface area contributed by atoms with Crippen LogP contribution < -0.4 is 5.32 Å². The molecule has 1 N–H and O–H groups in total. The minimum atomic E-state index is -0.321. The lowest BCUT2D eigenvalue weighted by Gasteiger charge is -2.18. The SMILES string of the molecule is CC(C)(C)NCc1nnc(-c2ccc(F)c(Br)c2)o1. The van der Waals surface area contributed by atoms with Gasteiger partial charge in [0, 0.05) is 11.1 Å². The van der Waals surface area contributed by atoms with Crippen molar-refractivity contribution >= 4 is 15.9 Å². The molecule has 1 heterocycles. The zero-order valence-corrected chi connectivity index (χ0v) is 12.6. The molecule has 0 atom stereocenters. The van der Waals surface area contributed by atoms with Gasteiger partial charge in [-0.3, -0.25) is 0 Å². The highest BCUT2D eigenvalue weighted by Gasteiger charge is 2.13. The second-order valence-electron chi connectivity index (χ2n) is 5.23. The second kappa shape index (κ2) is 5.38. The van der Waals surface area contributed by atoms with Crippen molar-refractivity contribution in [1.82, 2.24) is 15.5 Å². The molecule has 4 nitrogen and oxygen atoms in total. The van der Waals surface area contributed by atoms with E-state index in [0.717, 1.165) is 0 Å². The summed E-state index contributed by atoms with van der Waals surface area (Å²) in [6.45, 7) is 6.67. The van der Waals surface area contributed by atoms with Crippen LogP contribution in [0.3, 0.4) is 0 Å². The van der Waals surface area contributed by atoms with Crippen LogP contribution in [0, 0.1) is 5.82 Å². The number of aromatic nitrogens is 2. The molecule has 0 saturated heterocycles. The first kappa shape index (κ1) is 14.1. The molecule has 102 valence electrons. The maximum absolute atomic E-state index is 13.1. The lowest BCUT2D eigenvalue weighted by atomic mass is 10.1. The summed E-state index contributed by atoms with van der Waals surface area (Å²) in [5.74, 6) is 0.565. The van der Waals surface area contributed by atoms with E-state index in [9.17, 15) is 4.39 Å². The first-order valence-electron chi connectivity index (χ1n) is 5.88. The van der Waals surface area contributed by atoms with E-state index in [1.807, 2.05) is 0 Å². The van der Waals surface area contributed by atoms with Gasteiger partial charge in [0.1, 0.15) is 5.82 Å². The third kappa shape index (κ3) is 3.84. The molecule has 0 unspecified atom stereocenters. The van der Waals surface area contributed by atoms with Crippen molar-refractivity contribution < 1.29 is 8.81 Å². The van der Waals surface area contributed by atoms with Crippen LogP contribution in [0.2, 0.25) is 0 Å². The van der Waals surface area contributed by atoms with E-state index in [2.05, 4.69) is 52.2 Å². The zero-order chi connectivity index (χ0) is 14.0. The quantitative estimate of drug-likeness (QED) is 0.936. The average molecular weight is 328 g/mol. The highest BCUT2D eigenvalue weighted by molar-refractivity contribution is 9.10. The topological polar surface area (TPSA) is 51.0 Å². The highest BCUT2D eigenvalue weighted by Crippen LogP contribution is 2.24. The van der Waals surface area contributed by atoms with Gasteiger partial charge in [-0.05, 0) is 54.9 Å². The van der Waals surface area contributed by atoms with E-state index in [1.54, 1.807) is 12.1 Å². The Morgan fingerprint density at radius 1 is 1.32 bits per heavy atom. The smallest absolute Gasteiger partial charge is 0.247 e. The van der Waals surface area contributed by atoms with Crippen molar-refractivity contribution in [1.29, 1.82) is 0 Å². The molecule has 6 heteroatoms. The van der Waals surface area contributed by atoms with E-state index in [1.165, 1.54) is 6.07 Å². The largest absolute Gasteiger partial charge is 0.419 e. The maximum Gasteiger partial charge on any atom is 0.247 e. The summed E-state index contributed by atoms with van der Waals surface area (Å²) < 4.78 is 19.1. The molecule has 0 spiro atoms. The van der Waals surface area contributed by atoms with E-state index < -0.39 is 0 Å². The Balaban J connectivity index is 2.14. The van der Waals surface area contributed by atoms with Crippen LogP contribution in [0.4, 0.5) is 4.39 Å². The van der Waals surface area contributed by atoms with Gasteiger partial charge >= 0.3 is 0 Å². The summed E-state index contributed by atoms with van der Waals surface area (Å²) >= 11 is 3.13. The van der Waals surface area contributed by atoms with Crippen LogP contribution >= 0.6 is 15.9 Å². The minimum Gasteiger partial charge on any atom is -0.419 e. The van der Waals surface area contributed by atoms with E-state index >= 15 is 0 Å². The van der Waals surface area contributed by atoms with E-state index in [0.29, 0.717) is 28.4 Å². The lowest BCUT2D eigenvalue weighted by molar-refractivity contribution is 0.383. The predicted octanol–water partition coefficient (Wildman–Crippen LogP) is 3.53. The predicted molar refractivity (Wildman–Crippen MR) is 74.0 cm³/mol. The Morgan fingerprint density at radius 2 is 2.05 bits per heavy atom. The summed E-state index contributed by atoms with van der Waals surface area (Å²) in [7, 11) is 0. The molecular formula is C13H15BrFN3O. The molecule has 0 amide bonds. The molecular weight excluding hydrogens is 313 g/mol. The number of benzene rings is 1. The van der Waals surface area contributed by atoms with E-state index in [4.69, 9.17) is 4.42 Å². The van der Waals surface area contributed by atoms with Crippen molar-refractivity contribution in [2.45, 2.75) is 32.9 Å². The Morgan fingerprint density at radius 3 is 2.68 bits per heavy atom. The third-order valence-electron chi connectivity index (χ3n) is 2.40. The summed E-state index contributed by atoms with van der Waals surface area (Å²) in [4.78, 5) is 0. The first-order chi connectivity index (χ1) is 8.85. The Labute approximate surface area is 119 Å². The monoisotopic (exact) mass is 327 g/mol. The molecule has 0 fully saturated rings. The zero-order valence-electron chi connectivity index (χ0n) is 11.0. The Kier molecular flexibility index (Phi) is 4.01. The van der Waals surface area contributed by atoms with Crippen LogP contribution in [0.5, 0.6) is 0 Å². The summed E-state index contributed by atoms with van der Waals surface area (Å²) in [6, 6.07) is 4.58. The fourth-order valence-electron chi connectivity index (χ4n) is 1.41. The van der Waals surface area contributed by atoms with Gasteiger partial charge in [0.2, 0.25) is 11.8 Å². The fraction of sp³-hybridized carbons (Fsp3) is 0.385. The molecule has 0 radical (unpaired) electrons. The number of rotatable bonds is 3. The molecule has 0 bridgehead atoms. The van der Waals surface area contributed by atoms with Crippen LogP contribution in [-0.4, -0.2) is 15.7 Å². The molecule has 0 aliphatic carbocycles. The van der Waals surface area contributed by atoms with Gasteiger partial charge in [-0.1, -0.05) is 0 Å². The van der Waals surface area contributed by atoms with Crippen LogP contribution in [-0.2, 0) is 6.54 Å². The minimum absolute atomic E-state index is 0.0203. The Bertz CT molecular complexity index is 578. The van der Waals surface area contributed by atoms with Crippen molar-refractivity contribution in [2.24, 2.45) is 0 Å². The number of nitrogens with zero attached hydrogens (tertiary/aromatic N) is 2. The second-order valence-corrected chi connectivity index (χ2v) is 6.09. The van der Waals surface area contributed by atoms with Crippen molar-refractivity contribution in [3.05, 3.63) is 34.4 Å². The van der Waals surface area contributed by atoms with Crippen LogP contribution in [0.1, 0.15) is 26.7 Å². The highest BCUT2D eigenvalue weighted by atomic mass is 79.9. The van der Waals surface area contributed by atoms with Gasteiger partial charge in [-0.15, -0.1) is 10.2 Å². The van der Waals surface area contributed by atoms with Crippen molar-refractivity contribution in [3.63, 3.8) is 0 Å². The molecule has 1 aromatic heterocycles. The number of halogens is 2. The molecule has 19 heavy (non-hydrogen) atoms. The molecule has 0 aliphatic rings. The summed E-state index contributed by atoms with van der Waals surface area (Å²) in [5, 5.41) is 11.2. The van der Waals surface area contributed by atoms with Gasteiger partial charge in [-0.25, -0.2) is 4.39 Å². The molecule has 0 aliphatic heterocycles. The van der Waals surface area contributed by atoms with Gasteiger partial charge in [0.25, 0.3) is 0 Å². The van der Waals surface area contributed by atoms with Gasteiger partial charge in [-0.2, -0.15) is 0 Å². The Hall–Kier alpha value is -1.27. The van der Waals surface area contributed by atoms with Crippen LogP contribution in [0.25, 0.3) is 11.5 Å². The van der Waals surface area contributed by atoms with E-state index in [-0.39, 0.29) is 11.4 Å². The van der Waals surface area contributed by atoms with Crippen LogP contribution in [0.15, 0.2) is 27.1 Å². The summed E-state index contributed by atoms with van der Waals surface area (Å²) in [6.07, 6.45) is 0. The number of nitrogens with one attached hydrogen (secondary N) is 1. The number of hydrogen-bond acceptors (Lipinski definition) is 4. The maximum atomic E-state index is 13.1. The standard InChI is InChI=1S/C13H15BrFN3O/c1-13(2,3)16-7-11-17-18-12(19-11)8-4-5-10(15)9(14)6-8/h4-6,16H,7H2,1-3H3. The molecule has 2 aromatic rings. The van der Waals surface area contributed by atoms with Gasteiger partial charge in [0.05, 0.1) is 11.0 Å².